The van der Waals surface area contributed by atoms with Crippen LogP contribution in [0.5, 0.6) is 0 Å². The molecule has 1 aromatic carbocycles. The van der Waals surface area contributed by atoms with E-state index in [1.54, 1.807) is 0 Å². The van der Waals surface area contributed by atoms with Gasteiger partial charge in [0.15, 0.2) is 0 Å². The zero-order valence-electron chi connectivity index (χ0n) is 15.1. The molecule has 1 saturated carbocycles. The molecule has 1 saturated heterocycles. The van der Waals surface area contributed by atoms with E-state index < -0.39 is 17.2 Å². The van der Waals surface area contributed by atoms with Crippen LogP contribution in [-0.2, 0) is 19.8 Å². The number of hydrogen-bond donors (Lipinski definition) is 1. The zero-order chi connectivity index (χ0) is 18.9. The first-order valence-corrected chi connectivity index (χ1v) is 9.36. The van der Waals surface area contributed by atoms with Crippen LogP contribution in [0.25, 0.3) is 0 Å². The lowest BCUT2D eigenvalue weighted by molar-refractivity contribution is -0.149. The molecule has 0 radical (unpaired) electrons. The summed E-state index contributed by atoms with van der Waals surface area (Å²) in [4.78, 5) is 40.4. The summed E-state index contributed by atoms with van der Waals surface area (Å²) in [5.41, 5.74) is 0.563. The highest BCUT2D eigenvalue weighted by Gasteiger charge is 2.53. The van der Waals surface area contributed by atoms with E-state index in [0.717, 1.165) is 18.4 Å². The van der Waals surface area contributed by atoms with Crippen molar-refractivity contribution in [2.45, 2.75) is 38.1 Å². The molecule has 26 heavy (non-hydrogen) atoms. The van der Waals surface area contributed by atoms with Gasteiger partial charge in [-0.05, 0) is 44.4 Å². The Labute approximate surface area is 158 Å². The fraction of sp³-hybridized carbons (Fsp3) is 0.526. The van der Waals surface area contributed by atoms with Gasteiger partial charge in [0.05, 0.1) is 5.41 Å². The Kier molecular flexibility index (Phi) is 5.23. The third kappa shape index (κ3) is 3.70. The van der Waals surface area contributed by atoms with Gasteiger partial charge in [0.2, 0.25) is 5.91 Å². The van der Waals surface area contributed by atoms with Crippen molar-refractivity contribution in [2.75, 3.05) is 26.2 Å². The Morgan fingerprint density at radius 1 is 1.00 bits per heavy atom. The van der Waals surface area contributed by atoms with Gasteiger partial charge in [-0.1, -0.05) is 23.7 Å². The van der Waals surface area contributed by atoms with E-state index in [4.69, 9.17) is 11.6 Å². The largest absolute Gasteiger partial charge is 0.346 e. The van der Waals surface area contributed by atoms with Crippen molar-refractivity contribution in [1.29, 1.82) is 0 Å². The van der Waals surface area contributed by atoms with Gasteiger partial charge in [-0.2, -0.15) is 0 Å². The molecule has 2 aliphatic rings. The summed E-state index contributed by atoms with van der Waals surface area (Å²) in [6.07, 6.45) is 1.67. The molecule has 0 unspecified atom stereocenters. The number of halogens is 1. The molecule has 3 amide bonds. The Morgan fingerprint density at radius 3 is 2.04 bits per heavy atom. The average molecular weight is 378 g/mol. The summed E-state index contributed by atoms with van der Waals surface area (Å²) in [5.74, 6) is -0.997. The third-order valence-corrected chi connectivity index (χ3v) is 5.28. The van der Waals surface area contributed by atoms with Crippen LogP contribution in [0.15, 0.2) is 24.3 Å². The smallest absolute Gasteiger partial charge is 0.312 e. The second-order valence-corrected chi connectivity index (χ2v) is 7.74. The molecule has 7 heteroatoms. The van der Waals surface area contributed by atoms with E-state index in [2.05, 4.69) is 5.32 Å². The Morgan fingerprint density at radius 2 is 1.54 bits per heavy atom. The van der Waals surface area contributed by atoms with E-state index in [9.17, 15) is 14.4 Å². The minimum absolute atomic E-state index is 0.0802. The molecule has 6 nitrogen and oxygen atoms in total. The highest BCUT2D eigenvalue weighted by Crippen LogP contribution is 2.49. The number of amides is 3. The lowest BCUT2D eigenvalue weighted by Gasteiger charge is -2.36. The SMILES string of the molecule is CC(C)NC(=O)C(=O)N1CCN(C(=O)C2(c3ccc(Cl)cc3)CC2)CC1. The minimum atomic E-state index is -0.584. The summed E-state index contributed by atoms with van der Waals surface area (Å²) < 4.78 is 0. The molecule has 2 fully saturated rings. The Hall–Kier alpha value is -2.08. The fourth-order valence-electron chi connectivity index (χ4n) is 3.40. The van der Waals surface area contributed by atoms with Gasteiger partial charge in [-0.25, -0.2) is 0 Å². The minimum Gasteiger partial charge on any atom is -0.346 e. The van der Waals surface area contributed by atoms with Gasteiger partial charge in [0, 0.05) is 37.2 Å². The van der Waals surface area contributed by atoms with Crippen LogP contribution in [0.3, 0.4) is 0 Å². The highest BCUT2D eigenvalue weighted by atomic mass is 35.5. The monoisotopic (exact) mass is 377 g/mol. The molecule has 3 rings (SSSR count). The van der Waals surface area contributed by atoms with Crippen LogP contribution in [-0.4, -0.2) is 59.7 Å². The Bertz CT molecular complexity index is 705. The second-order valence-electron chi connectivity index (χ2n) is 7.30. The van der Waals surface area contributed by atoms with Crippen LogP contribution in [0.2, 0.25) is 5.02 Å². The third-order valence-electron chi connectivity index (χ3n) is 5.02. The van der Waals surface area contributed by atoms with Crippen LogP contribution in [0.1, 0.15) is 32.3 Å². The highest BCUT2D eigenvalue weighted by molar-refractivity contribution is 6.35. The number of carbonyl (C=O) groups excluding carboxylic acids is 3. The first-order chi connectivity index (χ1) is 12.3. The summed E-state index contributed by atoms with van der Waals surface area (Å²) in [6.45, 7) is 5.30. The van der Waals surface area contributed by atoms with Crippen LogP contribution < -0.4 is 5.32 Å². The predicted octanol–water partition coefficient (Wildman–Crippen LogP) is 1.57. The maximum Gasteiger partial charge on any atom is 0.312 e. The molecular weight excluding hydrogens is 354 g/mol. The molecule has 1 N–H and O–H groups in total. The molecule has 0 bridgehead atoms. The van der Waals surface area contributed by atoms with Crippen LogP contribution >= 0.6 is 11.6 Å². The molecule has 0 atom stereocenters. The average Bonchev–Trinajstić information content (AvgIpc) is 3.42. The van der Waals surface area contributed by atoms with Crippen molar-refractivity contribution in [1.82, 2.24) is 15.1 Å². The second kappa shape index (κ2) is 7.27. The molecule has 1 aliphatic heterocycles. The van der Waals surface area contributed by atoms with Crippen molar-refractivity contribution in [3.8, 4) is 0 Å². The van der Waals surface area contributed by atoms with Gasteiger partial charge in [0.1, 0.15) is 0 Å². The number of rotatable bonds is 3. The Balaban J connectivity index is 1.60. The number of piperazine rings is 1. The standard InChI is InChI=1S/C19H24ClN3O3/c1-13(2)21-16(24)17(25)22-9-11-23(12-10-22)18(26)19(7-8-19)14-3-5-15(20)6-4-14/h3-6,13H,7-12H2,1-2H3,(H,21,24). The fourth-order valence-corrected chi connectivity index (χ4v) is 3.53. The number of nitrogens with one attached hydrogen (secondary N) is 1. The number of carbonyl (C=O) groups is 3. The molecule has 1 aromatic rings. The molecule has 0 aromatic heterocycles. The van der Waals surface area contributed by atoms with Crippen molar-refractivity contribution in [3.05, 3.63) is 34.9 Å². The zero-order valence-corrected chi connectivity index (χ0v) is 15.9. The maximum absolute atomic E-state index is 13.0. The predicted molar refractivity (Wildman–Crippen MR) is 98.8 cm³/mol. The van der Waals surface area contributed by atoms with E-state index in [1.807, 2.05) is 43.0 Å². The van der Waals surface area contributed by atoms with E-state index in [1.165, 1.54) is 4.90 Å². The summed E-state index contributed by atoms with van der Waals surface area (Å²) in [5, 5.41) is 3.27. The molecular formula is C19H24ClN3O3. The lowest BCUT2D eigenvalue weighted by atomic mass is 9.94. The van der Waals surface area contributed by atoms with E-state index in [-0.39, 0.29) is 11.9 Å². The molecule has 1 heterocycles. The molecule has 140 valence electrons. The van der Waals surface area contributed by atoms with Crippen LogP contribution in [0, 0.1) is 0 Å². The van der Waals surface area contributed by atoms with Crippen molar-refractivity contribution < 1.29 is 14.4 Å². The van der Waals surface area contributed by atoms with Gasteiger partial charge in [-0.3, -0.25) is 14.4 Å². The van der Waals surface area contributed by atoms with Gasteiger partial charge in [-0.15, -0.1) is 0 Å². The molecule has 1 aliphatic carbocycles. The lowest BCUT2D eigenvalue weighted by Crippen LogP contribution is -2.55. The van der Waals surface area contributed by atoms with Crippen molar-refractivity contribution in [2.24, 2.45) is 0 Å². The molecule has 0 spiro atoms. The number of nitrogens with zero attached hydrogens (tertiary/aromatic N) is 2. The quantitative estimate of drug-likeness (QED) is 0.813. The van der Waals surface area contributed by atoms with E-state index in [0.29, 0.717) is 31.2 Å². The first kappa shape index (κ1) is 18.7. The summed E-state index contributed by atoms with van der Waals surface area (Å²) >= 11 is 5.95. The summed E-state index contributed by atoms with van der Waals surface area (Å²) in [7, 11) is 0. The van der Waals surface area contributed by atoms with Crippen LogP contribution in [0.4, 0.5) is 0 Å². The topological polar surface area (TPSA) is 69.7 Å². The normalized spacial score (nSPS) is 18.6. The van der Waals surface area contributed by atoms with Gasteiger partial charge in [0.25, 0.3) is 0 Å². The maximum atomic E-state index is 13.0. The van der Waals surface area contributed by atoms with Gasteiger partial charge >= 0.3 is 11.8 Å². The van der Waals surface area contributed by atoms with E-state index >= 15 is 0 Å². The summed E-state index contributed by atoms with van der Waals surface area (Å²) in [6, 6.07) is 7.39. The van der Waals surface area contributed by atoms with Crippen molar-refractivity contribution in [3.63, 3.8) is 0 Å². The number of hydrogen-bond acceptors (Lipinski definition) is 3. The first-order valence-electron chi connectivity index (χ1n) is 8.99. The van der Waals surface area contributed by atoms with Crippen molar-refractivity contribution >= 4 is 29.3 Å². The number of benzene rings is 1. The van der Waals surface area contributed by atoms with Gasteiger partial charge < -0.3 is 15.1 Å².